The summed E-state index contributed by atoms with van der Waals surface area (Å²) in [7, 11) is 2.12. The molecule has 0 aromatic heterocycles. The van der Waals surface area contributed by atoms with Crippen molar-refractivity contribution in [3.05, 3.63) is 0 Å². The van der Waals surface area contributed by atoms with E-state index < -0.39 is 0 Å². The third-order valence-electron chi connectivity index (χ3n) is 3.37. The highest BCUT2D eigenvalue weighted by Gasteiger charge is 2.36. The summed E-state index contributed by atoms with van der Waals surface area (Å²) in [6, 6.07) is 0. The lowest BCUT2D eigenvalue weighted by Gasteiger charge is -2.37. The quantitative estimate of drug-likeness (QED) is 0.768. The molecule has 92 valence electrons. The standard InChI is InChI=1S/C10H20N2O.C2H6.H2/c1-10(2,9(11)13)8-4-6-12(3)7-5-8;1-2;/h8H,4-7H2,1-3H3,(H2,11,13);1-2H3;1H. The van der Waals surface area contributed by atoms with Gasteiger partial charge in [0.25, 0.3) is 0 Å². The molecule has 0 bridgehead atoms. The molecule has 15 heavy (non-hydrogen) atoms. The Hall–Kier alpha value is -0.570. The maximum absolute atomic E-state index is 11.2. The van der Waals surface area contributed by atoms with E-state index in [0.717, 1.165) is 25.9 Å². The van der Waals surface area contributed by atoms with Crippen molar-refractivity contribution in [3.8, 4) is 0 Å². The van der Waals surface area contributed by atoms with Gasteiger partial charge in [-0.1, -0.05) is 27.7 Å². The lowest BCUT2D eigenvalue weighted by atomic mass is 9.73. The predicted molar refractivity (Wildman–Crippen MR) is 66.7 cm³/mol. The average Bonchev–Trinajstić information content (AvgIpc) is 2.21. The van der Waals surface area contributed by atoms with Crippen LogP contribution in [0.4, 0.5) is 0 Å². The zero-order valence-electron chi connectivity index (χ0n) is 10.8. The minimum Gasteiger partial charge on any atom is -0.369 e. The number of hydrogen-bond acceptors (Lipinski definition) is 2. The van der Waals surface area contributed by atoms with Crippen molar-refractivity contribution in [3.63, 3.8) is 0 Å². The lowest BCUT2D eigenvalue weighted by Crippen LogP contribution is -2.43. The molecule has 1 aliphatic heterocycles. The highest BCUT2D eigenvalue weighted by Crippen LogP contribution is 2.34. The van der Waals surface area contributed by atoms with E-state index in [1.807, 2.05) is 27.7 Å². The summed E-state index contributed by atoms with van der Waals surface area (Å²) < 4.78 is 0. The molecule has 1 aliphatic rings. The van der Waals surface area contributed by atoms with E-state index in [4.69, 9.17) is 5.73 Å². The van der Waals surface area contributed by atoms with Gasteiger partial charge in [0.15, 0.2) is 0 Å². The summed E-state index contributed by atoms with van der Waals surface area (Å²) in [4.78, 5) is 13.5. The van der Waals surface area contributed by atoms with Crippen LogP contribution in [0.1, 0.15) is 42.0 Å². The van der Waals surface area contributed by atoms with Crippen LogP contribution in [-0.4, -0.2) is 30.9 Å². The van der Waals surface area contributed by atoms with Gasteiger partial charge in [0, 0.05) is 6.84 Å². The molecule has 1 rings (SSSR count). The van der Waals surface area contributed by atoms with Gasteiger partial charge in [0.05, 0.1) is 0 Å². The van der Waals surface area contributed by atoms with Crippen LogP contribution in [0.5, 0.6) is 0 Å². The average molecular weight is 216 g/mol. The minimum atomic E-state index is -0.332. The first-order valence-electron chi connectivity index (χ1n) is 5.93. The Morgan fingerprint density at radius 1 is 1.33 bits per heavy atom. The fourth-order valence-electron chi connectivity index (χ4n) is 1.93. The summed E-state index contributed by atoms with van der Waals surface area (Å²) in [6.07, 6.45) is 2.18. The van der Waals surface area contributed by atoms with Crippen LogP contribution < -0.4 is 5.73 Å². The fraction of sp³-hybridized carbons (Fsp3) is 0.917. The molecule has 3 nitrogen and oxygen atoms in total. The van der Waals surface area contributed by atoms with Gasteiger partial charge < -0.3 is 10.6 Å². The lowest BCUT2D eigenvalue weighted by molar-refractivity contribution is -0.129. The van der Waals surface area contributed by atoms with E-state index in [1.165, 1.54) is 0 Å². The molecule has 0 aromatic rings. The van der Waals surface area contributed by atoms with E-state index in [-0.39, 0.29) is 12.7 Å². The largest absolute Gasteiger partial charge is 0.369 e. The molecule has 0 atom stereocenters. The van der Waals surface area contributed by atoms with Crippen molar-refractivity contribution < 1.29 is 6.22 Å². The van der Waals surface area contributed by atoms with E-state index >= 15 is 0 Å². The normalized spacial score (nSPS) is 19.3. The topological polar surface area (TPSA) is 46.3 Å². The predicted octanol–water partition coefficient (Wildman–Crippen LogP) is 2.11. The van der Waals surface area contributed by atoms with Crippen molar-refractivity contribution in [2.24, 2.45) is 17.1 Å². The maximum atomic E-state index is 11.2. The van der Waals surface area contributed by atoms with E-state index in [0.29, 0.717) is 5.92 Å². The number of hydrogen-bond donors (Lipinski definition) is 1. The zero-order valence-corrected chi connectivity index (χ0v) is 10.8. The molecule has 2 N–H and O–H groups in total. The monoisotopic (exact) mass is 216 g/mol. The van der Waals surface area contributed by atoms with E-state index in [9.17, 15) is 4.79 Å². The van der Waals surface area contributed by atoms with Crippen molar-refractivity contribution in [1.82, 2.24) is 4.90 Å². The Morgan fingerprint density at radius 2 is 1.73 bits per heavy atom. The number of nitrogens with zero attached hydrogens (tertiary/aromatic N) is 1. The van der Waals surface area contributed by atoms with Crippen LogP contribution in [-0.2, 0) is 4.79 Å². The highest BCUT2D eigenvalue weighted by molar-refractivity contribution is 5.80. The number of rotatable bonds is 2. The summed E-state index contributed by atoms with van der Waals surface area (Å²) >= 11 is 0. The smallest absolute Gasteiger partial charge is 0.223 e. The van der Waals surface area contributed by atoms with Gasteiger partial charge in [-0.2, -0.15) is 0 Å². The summed E-state index contributed by atoms with van der Waals surface area (Å²) in [5, 5.41) is 0. The number of amides is 1. The summed E-state index contributed by atoms with van der Waals surface area (Å²) in [5.74, 6) is 0.295. The summed E-state index contributed by atoms with van der Waals surface area (Å²) in [5.41, 5.74) is 5.05. The van der Waals surface area contributed by atoms with Crippen LogP contribution in [0.2, 0.25) is 0 Å². The molecular formula is C12H28N2O. The Morgan fingerprint density at radius 3 is 2.07 bits per heavy atom. The fourth-order valence-corrected chi connectivity index (χ4v) is 1.93. The molecule has 1 saturated heterocycles. The van der Waals surface area contributed by atoms with Gasteiger partial charge in [-0.15, -0.1) is 0 Å². The highest BCUT2D eigenvalue weighted by atomic mass is 16.1. The van der Waals surface area contributed by atoms with Crippen molar-refractivity contribution in [1.29, 1.82) is 0 Å². The maximum Gasteiger partial charge on any atom is 0.223 e. The second-order valence-electron chi connectivity index (χ2n) is 4.66. The summed E-state index contributed by atoms with van der Waals surface area (Å²) in [6.45, 7) is 10.1. The van der Waals surface area contributed by atoms with Gasteiger partial charge in [-0.05, 0) is 38.9 Å². The first kappa shape index (κ1) is 14.4. The third-order valence-corrected chi connectivity index (χ3v) is 3.37. The molecule has 1 heterocycles. The Kier molecular flexibility index (Phi) is 5.88. The molecule has 1 fully saturated rings. The number of nitrogens with two attached hydrogens (primary N) is 1. The van der Waals surface area contributed by atoms with Crippen molar-refractivity contribution >= 4 is 5.91 Å². The first-order chi connectivity index (χ1) is 6.94. The molecule has 0 radical (unpaired) electrons. The van der Waals surface area contributed by atoms with Gasteiger partial charge in [-0.3, -0.25) is 4.79 Å². The Labute approximate surface area is 95.5 Å². The molecule has 0 aliphatic carbocycles. The van der Waals surface area contributed by atoms with Crippen molar-refractivity contribution in [2.45, 2.75) is 40.5 Å². The van der Waals surface area contributed by atoms with E-state index in [2.05, 4.69) is 11.9 Å². The number of carbonyl (C=O) groups is 1. The third kappa shape index (κ3) is 3.82. The van der Waals surface area contributed by atoms with Gasteiger partial charge in [-0.25, -0.2) is 0 Å². The molecule has 3 heteroatoms. The molecule has 0 aromatic carbocycles. The Balaban J connectivity index is 0. The van der Waals surface area contributed by atoms with Crippen LogP contribution in [0, 0.1) is 11.3 Å². The van der Waals surface area contributed by atoms with Gasteiger partial charge in [0.1, 0.15) is 0 Å². The molecule has 1 amide bonds. The SMILES string of the molecule is CC.CN1CCC(C(C)(C)C(N)=O)CC1.[HH]. The molecular weight excluding hydrogens is 188 g/mol. The molecule has 0 spiro atoms. The van der Waals surface area contributed by atoms with Gasteiger partial charge in [0.2, 0.25) is 5.91 Å². The van der Waals surface area contributed by atoms with Crippen LogP contribution in [0.3, 0.4) is 0 Å². The Bertz CT molecular complexity index is 199. The van der Waals surface area contributed by atoms with Crippen LogP contribution in [0.15, 0.2) is 0 Å². The number of carbonyl (C=O) groups excluding carboxylic acids is 1. The molecule has 0 unspecified atom stereocenters. The van der Waals surface area contributed by atoms with Gasteiger partial charge >= 0.3 is 0 Å². The van der Waals surface area contributed by atoms with Crippen molar-refractivity contribution in [2.75, 3.05) is 20.1 Å². The number of likely N-dealkylation sites (tertiary alicyclic amines) is 1. The number of piperidine rings is 1. The van der Waals surface area contributed by atoms with E-state index in [1.54, 1.807) is 0 Å². The van der Waals surface area contributed by atoms with Crippen LogP contribution in [0.25, 0.3) is 0 Å². The molecule has 0 saturated carbocycles. The number of primary amides is 1. The minimum absolute atomic E-state index is 0. The second kappa shape index (κ2) is 6.11. The second-order valence-corrected chi connectivity index (χ2v) is 4.66. The van der Waals surface area contributed by atoms with Crippen LogP contribution >= 0.6 is 0 Å². The zero-order chi connectivity index (χ0) is 12.1. The first-order valence-corrected chi connectivity index (χ1v) is 5.93.